The van der Waals surface area contributed by atoms with Crippen LogP contribution in [-0.4, -0.2) is 19.7 Å². The Balaban J connectivity index is 1.88. The van der Waals surface area contributed by atoms with Crippen LogP contribution >= 0.6 is 0 Å². The van der Waals surface area contributed by atoms with E-state index in [0.717, 1.165) is 41.2 Å². The van der Waals surface area contributed by atoms with E-state index in [2.05, 4.69) is 45.1 Å². The van der Waals surface area contributed by atoms with Gasteiger partial charge in [0.15, 0.2) is 0 Å². The van der Waals surface area contributed by atoms with E-state index in [4.69, 9.17) is 4.98 Å². The topological polar surface area (TPSA) is 46.5 Å². The predicted octanol–water partition coefficient (Wildman–Crippen LogP) is 4.14. The minimum Gasteiger partial charge on any atom is -0.325 e. The van der Waals surface area contributed by atoms with Gasteiger partial charge in [0, 0.05) is 17.3 Å². The highest BCUT2D eigenvalue weighted by Crippen LogP contribution is 2.35. The summed E-state index contributed by atoms with van der Waals surface area (Å²) in [6.07, 6.45) is 8.56. The Morgan fingerprint density at radius 3 is 2.59 bits per heavy atom. The fourth-order valence-corrected chi connectivity index (χ4v) is 3.07. The van der Waals surface area contributed by atoms with Gasteiger partial charge in [-0.1, -0.05) is 42.5 Å². The maximum absolute atomic E-state index is 4.70. The fraction of sp³-hybridized carbons (Fsp3) is 0.222. The molecule has 22 heavy (non-hydrogen) atoms. The van der Waals surface area contributed by atoms with E-state index in [1.165, 1.54) is 0 Å². The molecule has 1 aliphatic carbocycles. The van der Waals surface area contributed by atoms with Crippen molar-refractivity contribution in [3.63, 3.8) is 0 Å². The Morgan fingerprint density at radius 2 is 1.91 bits per heavy atom. The smallest absolute Gasteiger partial charge is 0.111 e. The van der Waals surface area contributed by atoms with Crippen LogP contribution in [0.4, 0.5) is 0 Å². The lowest BCUT2D eigenvalue weighted by atomic mass is 10.1. The largest absolute Gasteiger partial charge is 0.325 e. The Bertz CT molecular complexity index is 803. The molecule has 0 aliphatic heterocycles. The molecule has 2 aromatic heterocycles. The molecule has 110 valence electrons. The molecule has 2 heterocycles. The van der Waals surface area contributed by atoms with Crippen molar-refractivity contribution in [3.8, 4) is 22.6 Å². The van der Waals surface area contributed by atoms with Gasteiger partial charge in [-0.25, -0.2) is 4.98 Å². The van der Waals surface area contributed by atoms with E-state index >= 15 is 0 Å². The molecule has 1 N–H and O–H groups in total. The highest BCUT2D eigenvalue weighted by atomic mass is 15.2. The number of benzene rings is 1. The zero-order chi connectivity index (χ0) is 14.9. The van der Waals surface area contributed by atoms with Gasteiger partial charge in [0.1, 0.15) is 5.69 Å². The maximum atomic E-state index is 4.70. The quantitative estimate of drug-likeness (QED) is 0.737. The third-order valence-electron chi connectivity index (χ3n) is 4.17. The summed E-state index contributed by atoms with van der Waals surface area (Å²) in [4.78, 5) is 4.70. The van der Waals surface area contributed by atoms with Crippen LogP contribution in [0.15, 0.2) is 54.9 Å². The van der Waals surface area contributed by atoms with E-state index in [1.54, 1.807) is 0 Å². The first kappa shape index (κ1) is 13.1. The van der Waals surface area contributed by atoms with Crippen molar-refractivity contribution in [3.05, 3.63) is 60.6 Å². The van der Waals surface area contributed by atoms with Gasteiger partial charge in [0.25, 0.3) is 0 Å². The first-order valence-corrected chi connectivity index (χ1v) is 7.62. The summed E-state index contributed by atoms with van der Waals surface area (Å²) in [7, 11) is 0. The summed E-state index contributed by atoms with van der Waals surface area (Å²) < 4.78 is 2.28. The molecule has 0 atom stereocenters. The first-order valence-electron chi connectivity index (χ1n) is 7.62. The Morgan fingerprint density at radius 1 is 1.14 bits per heavy atom. The number of rotatable bonds is 3. The Hall–Kier alpha value is -2.62. The number of hydrogen-bond donors (Lipinski definition) is 1. The van der Waals surface area contributed by atoms with Crippen molar-refractivity contribution in [2.24, 2.45) is 0 Å². The van der Waals surface area contributed by atoms with Crippen LogP contribution < -0.4 is 0 Å². The average Bonchev–Trinajstić information content (AvgIpc) is 3.27. The lowest BCUT2D eigenvalue weighted by molar-refractivity contribution is 0.540. The number of H-pyrrole nitrogens is 1. The second kappa shape index (κ2) is 5.30. The van der Waals surface area contributed by atoms with Gasteiger partial charge >= 0.3 is 0 Å². The molecule has 0 spiro atoms. The van der Waals surface area contributed by atoms with Gasteiger partial charge in [0.2, 0.25) is 0 Å². The standard InChI is InChI=1S/C18H18N4/c1-13-11-16(21-20-13)18-17(14-7-3-2-4-8-14)19-12-22(18)15-9-5-6-10-15/h2-8,11-12,15H,9-10H2,1H3,(H,20,21). The van der Waals surface area contributed by atoms with Crippen molar-refractivity contribution in [2.45, 2.75) is 25.8 Å². The van der Waals surface area contributed by atoms with Gasteiger partial charge < -0.3 is 4.57 Å². The fourth-order valence-electron chi connectivity index (χ4n) is 3.07. The molecular weight excluding hydrogens is 272 g/mol. The van der Waals surface area contributed by atoms with Crippen molar-refractivity contribution >= 4 is 0 Å². The van der Waals surface area contributed by atoms with Crippen molar-refractivity contribution < 1.29 is 0 Å². The van der Waals surface area contributed by atoms with E-state index < -0.39 is 0 Å². The molecule has 0 saturated heterocycles. The van der Waals surface area contributed by atoms with Gasteiger partial charge in [0.05, 0.1) is 17.7 Å². The molecule has 0 fully saturated rings. The van der Waals surface area contributed by atoms with Crippen LogP contribution in [0.2, 0.25) is 0 Å². The van der Waals surface area contributed by atoms with E-state index in [1.807, 2.05) is 31.5 Å². The number of aromatic nitrogens is 4. The highest BCUT2D eigenvalue weighted by Gasteiger charge is 2.22. The predicted molar refractivity (Wildman–Crippen MR) is 87.4 cm³/mol. The lowest BCUT2D eigenvalue weighted by Crippen LogP contribution is -2.06. The third kappa shape index (κ3) is 2.17. The molecule has 1 aliphatic rings. The van der Waals surface area contributed by atoms with Crippen LogP contribution in [-0.2, 0) is 0 Å². The second-order valence-corrected chi connectivity index (χ2v) is 5.75. The third-order valence-corrected chi connectivity index (χ3v) is 4.17. The van der Waals surface area contributed by atoms with Gasteiger partial charge in [-0.05, 0) is 25.8 Å². The summed E-state index contributed by atoms with van der Waals surface area (Å²) in [5, 5.41) is 7.52. The first-order chi connectivity index (χ1) is 10.8. The summed E-state index contributed by atoms with van der Waals surface area (Å²) in [5.41, 5.74) is 5.25. The molecule has 0 bridgehead atoms. The number of hydrogen-bond acceptors (Lipinski definition) is 2. The maximum Gasteiger partial charge on any atom is 0.111 e. The van der Waals surface area contributed by atoms with Crippen molar-refractivity contribution in [1.82, 2.24) is 19.7 Å². The minimum absolute atomic E-state index is 0.442. The average molecular weight is 290 g/mol. The van der Waals surface area contributed by atoms with Gasteiger partial charge in [-0.2, -0.15) is 5.10 Å². The van der Waals surface area contributed by atoms with E-state index in [0.29, 0.717) is 6.04 Å². The summed E-state index contributed by atoms with van der Waals surface area (Å²) in [5.74, 6) is 0. The number of nitrogens with one attached hydrogen (secondary N) is 1. The minimum atomic E-state index is 0.442. The van der Waals surface area contributed by atoms with Crippen molar-refractivity contribution in [2.75, 3.05) is 0 Å². The summed E-state index contributed by atoms with van der Waals surface area (Å²) >= 11 is 0. The second-order valence-electron chi connectivity index (χ2n) is 5.75. The van der Waals surface area contributed by atoms with Crippen LogP contribution in [0.1, 0.15) is 24.6 Å². The zero-order valence-corrected chi connectivity index (χ0v) is 12.5. The molecule has 1 aromatic carbocycles. The molecule has 0 saturated carbocycles. The molecule has 4 nitrogen and oxygen atoms in total. The molecule has 3 aromatic rings. The molecule has 0 radical (unpaired) electrons. The normalized spacial score (nSPS) is 14.8. The molecule has 0 amide bonds. The molecule has 4 rings (SSSR count). The van der Waals surface area contributed by atoms with Crippen LogP contribution in [0.25, 0.3) is 22.6 Å². The monoisotopic (exact) mass is 290 g/mol. The number of aromatic amines is 1. The SMILES string of the molecule is Cc1cc(-c2c(-c3ccccc3)ncn2C2CC=CC2)n[nH]1. The summed E-state index contributed by atoms with van der Waals surface area (Å²) in [6, 6.07) is 12.8. The summed E-state index contributed by atoms with van der Waals surface area (Å²) in [6.45, 7) is 2.02. The van der Waals surface area contributed by atoms with E-state index in [-0.39, 0.29) is 0 Å². The molecule has 0 unspecified atom stereocenters. The van der Waals surface area contributed by atoms with Gasteiger partial charge in [-0.15, -0.1) is 0 Å². The van der Waals surface area contributed by atoms with E-state index in [9.17, 15) is 0 Å². The number of nitrogens with zero attached hydrogens (tertiary/aromatic N) is 3. The molecular formula is C18H18N4. The number of imidazole rings is 1. The van der Waals surface area contributed by atoms with Crippen LogP contribution in [0.5, 0.6) is 0 Å². The van der Waals surface area contributed by atoms with Gasteiger partial charge in [-0.3, -0.25) is 5.10 Å². The highest BCUT2D eigenvalue weighted by molar-refractivity contribution is 5.77. The number of allylic oxidation sites excluding steroid dienone is 2. The van der Waals surface area contributed by atoms with Crippen LogP contribution in [0.3, 0.4) is 0 Å². The molecule has 4 heteroatoms. The number of aryl methyl sites for hydroxylation is 1. The van der Waals surface area contributed by atoms with Crippen molar-refractivity contribution in [1.29, 1.82) is 0 Å². The zero-order valence-electron chi connectivity index (χ0n) is 12.5. The Kier molecular flexibility index (Phi) is 3.15. The lowest BCUT2D eigenvalue weighted by Gasteiger charge is -2.15. The van der Waals surface area contributed by atoms with Crippen LogP contribution in [0, 0.1) is 6.92 Å². The Labute approximate surface area is 129 Å².